The maximum atomic E-state index is 9.78. The van der Waals surface area contributed by atoms with Crippen molar-refractivity contribution in [3.05, 3.63) is 146 Å². The molecule has 5 aromatic carbocycles. The molecule has 0 spiro atoms. The zero-order valence-corrected chi connectivity index (χ0v) is 25.6. The molecule has 0 saturated carbocycles. The molecule has 0 aliphatic carbocycles. The molecule has 208 valence electrons. The third-order valence-corrected chi connectivity index (χ3v) is 12.8. The van der Waals surface area contributed by atoms with Gasteiger partial charge < -0.3 is 0 Å². The first-order valence-electron chi connectivity index (χ1n) is 13.7. The van der Waals surface area contributed by atoms with E-state index in [-0.39, 0.29) is 18.2 Å². The second-order valence-electron chi connectivity index (χ2n) is 9.84. The summed E-state index contributed by atoms with van der Waals surface area (Å²) in [4.78, 5) is 10.8. The fourth-order valence-electron chi connectivity index (χ4n) is 5.76. The van der Waals surface area contributed by atoms with Gasteiger partial charge in [0.15, 0.2) is 18.2 Å². The molecular formula is C36H27ClN4PS+. The summed E-state index contributed by atoms with van der Waals surface area (Å²) < 4.78 is 2.22. The average molecular weight is 614 g/mol. The molecule has 43 heavy (non-hydrogen) atoms. The number of hydrogen-bond acceptors (Lipinski definition) is 4. The summed E-state index contributed by atoms with van der Waals surface area (Å²) in [5, 5.41) is 15.3. The first-order valence-corrected chi connectivity index (χ1v) is 16.5. The average Bonchev–Trinajstić information content (AvgIpc) is 3.46. The maximum Gasteiger partial charge on any atom is 0.186 e. The molecule has 0 aliphatic heterocycles. The summed E-state index contributed by atoms with van der Waals surface area (Å²) in [7, 11) is -2.57. The highest BCUT2D eigenvalue weighted by atomic mass is 35.5. The van der Waals surface area contributed by atoms with E-state index >= 15 is 0 Å². The minimum Gasteiger partial charge on any atom is -0.273 e. The molecule has 0 N–H and O–H groups in total. The Kier molecular flexibility index (Phi) is 8.27. The molecule has 0 aliphatic rings. The van der Waals surface area contributed by atoms with Crippen molar-refractivity contribution in [2.45, 2.75) is 5.03 Å². The highest BCUT2D eigenvalue weighted by molar-refractivity contribution is 8.04. The maximum absolute atomic E-state index is 9.78. The minimum atomic E-state index is -2.57. The first-order chi connectivity index (χ1) is 20.8. The molecule has 7 heteroatoms. The zero-order chi connectivity index (χ0) is 28.4. The molecule has 2 aromatic heterocycles. The van der Waals surface area contributed by atoms with Crippen LogP contribution in [-0.4, -0.2) is 20.1 Å². The second kappa shape index (κ2) is 12.4. The van der Waals surface area contributed by atoms with E-state index in [0.717, 1.165) is 38.4 Å². The summed E-state index contributed by atoms with van der Waals surface area (Å²) in [6, 6.07) is 53.2. The van der Waals surface area contributed by atoms with Crippen LogP contribution in [0, 0.1) is 11.3 Å². The first kappa shape index (κ1) is 28.6. The number of thioether (sulfide) groups is 1. The molecule has 0 fully saturated rings. The lowest BCUT2D eigenvalue weighted by Gasteiger charge is -2.29. The predicted molar refractivity (Wildman–Crippen MR) is 184 cm³/mol. The lowest BCUT2D eigenvalue weighted by atomic mass is 10.2. The van der Waals surface area contributed by atoms with Crippen LogP contribution in [0.15, 0.2) is 151 Å². The number of aromatic nitrogens is 3. The normalized spacial score (nSPS) is 11.2. The van der Waals surface area contributed by atoms with E-state index in [2.05, 4.69) is 132 Å². The van der Waals surface area contributed by atoms with Crippen molar-refractivity contribution < 1.29 is 0 Å². The summed E-state index contributed by atoms with van der Waals surface area (Å²) >= 11 is 1.49. The molecule has 7 rings (SSSR count). The Labute approximate surface area is 261 Å². The van der Waals surface area contributed by atoms with Crippen LogP contribution >= 0.6 is 31.4 Å². The van der Waals surface area contributed by atoms with Crippen LogP contribution in [0.1, 0.15) is 0 Å². The van der Waals surface area contributed by atoms with Crippen molar-refractivity contribution in [3.8, 4) is 17.5 Å². The van der Waals surface area contributed by atoms with E-state index in [1.165, 1.54) is 27.7 Å². The van der Waals surface area contributed by atoms with Gasteiger partial charge in [0.1, 0.15) is 26.8 Å². The van der Waals surface area contributed by atoms with E-state index in [9.17, 15) is 5.26 Å². The molecule has 4 nitrogen and oxygen atoms in total. The van der Waals surface area contributed by atoms with Crippen LogP contribution < -0.4 is 21.2 Å². The number of nitriles is 1. The standard InChI is InChI=1S/C36H26N4PS.ClH/c37-25-26-42-36-33(35-38-31-23-13-14-24-32(31)40(35)34(39-36)27-15-5-1-6-16-27)41(28-17-7-2-8-18-28,29-19-9-3-10-20-29)30-21-11-4-12-22-30;/h1-24H,26H2;1H/q+1;. The summed E-state index contributed by atoms with van der Waals surface area (Å²) in [5.74, 6) is 1.10. The number of fused-ring (bicyclic) bond motifs is 3. The van der Waals surface area contributed by atoms with Gasteiger partial charge in [-0.3, -0.25) is 4.40 Å². The Morgan fingerprint density at radius 3 is 1.65 bits per heavy atom. The van der Waals surface area contributed by atoms with Crippen LogP contribution in [0.5, 0.6) is 0 Å². The number of halogens is 1. The quantitative estimate of drug-likeness (QED) is 0.108. The van der Waals surface area contributed by atoms with Crippen molar-refractivity contribution in [1.82, 2.24) is 14.4 Å². The molecular weight excluding hydrogens is 587 g/mol. The molecule has 0 amide bonds. The Morgan fingerprint density at radius 1 is 0.628 bits per heavy atom. The van der Waals surface area contributed by atoms with Gasteiger partial charge in [-0.15, -0.1) is 12.4 Å². The number of imidazole rings is 1. The van der Waals surface area contributed by atoms with Crippen LogP contribution in [0.3, 0.4) is 0 Å². The van der Waals surface area contributed by atoms with E-state index in [4.69, 9.17) is 9.97 Å². The molecule has 0 unspecified atom stereocenters. The van der Waals surface area contributed by atoms with E-state index in [0.29, 0.717) is 0 Å². The molecule has 0 bridgehead atoms. The minimum absolute atomic E-state index is 0. The Hall–Kier alpha value is -4.46. The molecule has 0 saturated heterocycles. The molecule has 0 atom stereocenters. The second-order valence-corrected chi connectivity index (χ2v) is 14.1. The monoisotopic (exact) mass is 613 g/mol. The number of hydrogen-bond donors (Lipinski definition) is 0. The fraction of sp³-hybridized carbons (Fsp3) is 0.0278. The van der Waals surface area contributed by atoms with Crippen molar-refractivity contribution in [3.63, 3.8) is 0 Å². The van der Waals surface area contributed by atoms with E-state index in [1.54, 1.807) is 0 Å². The number of rotatable bonds is 7. The van der Waals surface area contributed by atoms with Crippen LogP contribution in [0.25, 0.3) is 28.1 Å². The summed E-state index contributed by atoms with van der Waals surface area (Å²) in [6.07, 6.45) is 0. The largest absolute Gasteiger partial charge is 0.273 e. The highest BCUT2D eigenvalue weighted by Gasteiger charge is 2.52. The van der Waals surface area contributed by atoms with Gasteiger partial charge in [-0.05, 0) is 48.5 Å². The number of para-hydroxylation sites is 2. The van der Waals surface area contributed by atoms with Gasteiger partial charge in [-0.25, -0.2) is 9.97 Å². The van der Waals surface area contributed by atoms with Gasteiger partial charge >= 0.3 is 0 Å². The van der Waals surface area contributed by atoms with Crippen LogP contribution in [-0.2, 0) is 0 Å². The lowest BCUT2D eigenvalue weighted by molar-refractivity contribution is 1.05. The van der Waals surface area contributed by atoms with Gasteiger partial charge in [0, 0.05) is 5.56 Å². The summed E-state index contributed by atoms with van der Waals surface area (Å²) in [5.41, 5.74) is 3.78. The van der Waals surface area contributed by atoms with Gasteiger partial charge in [0.05, 0.1) is 22.9 Å². The third kappa shape index (κ3) is 4.88. The van der Waals surface area contributed by atoms with Crippen molar-refractivity contribution in [1.29, 1.82) is 5.26 Å². The number of nitrogens with zero attached hydrogens (tertiary/aromatic N) is 4. The highest BCUT2D eigenvalue weighted by Crippen LogP contribution is 2.57. The fourth-order valence-corrected chi connectivity index (χ4v) is 11.3. The smallest absolute Gasteiger partial charge is 0.186 e. The van der Waals surface area contributed by atoms with Crippen molar-refractivity contribution >= 4 is 69.3 Å². The van der Waals surface area contributed by atoms with E-state index < -0.39 is 7.26 Å². The Bertz CT molecular complexity index is 1950. The van der Waals surface area contributed by atoms with Crippen LogP contribution in [0.2, 0.25) is 0 Å². The van der Waals surface area contributed by atoms with Gasteiger partial charge in [0.25, 0.3) is 0 Å². The summed E-state index contributed by atoms with van der Waals surface area (Å²) in [6.45, 7) is 0. The molecule has 2 heterocycles. The van der Waals surface area contributed by atoms with Gasteiger partial charge in [-0.2, -0.15) is 5.26 Å². The van der Waals surface area contributed by atoms with Crippen molar-refractivity contribution in [2.75, 3.05) is 5.75 Å². The van der Waals surface area contributed by atoms with Crippen LogP contribution in [0.4, 0.5) is 0 Å². The SMILES string of the molecule is Cl.N#CCSc1nc(-c2ccccc2)n2c(nc3ccccc32)c1[P+](c1ccccc1)(c1ccccc1)c1ccccc1. The topological polar surface area (TPSA) is 54.0 Å². The molecule has 7 aromatic rings. The third-order valence-electron chi connectivity index (χ3n) is 7.47. The van der Waals surface area contributed by atoms with Gasteiger partial charge in [-0.1, -0.05) is 109 Å². The Morgan fingerprint density at radius 2 is 1.12 bits per heavy atom. The van der Waals surface area contributed by atoms with Gasteiger partial charge in [0.2, 0.25) is 0 Å². The lowest BCUT2D eigenvalue weighted by Crippen LogP contribution is -2.40. The van der Waals surface area contributed by atoms with Crippen molar-refractivity contribution in [2.24, 2.45) is 0 Å². The Balaban J connectivity index is 0.00000329. The number of benzene rings is 5. The van der Waals surface area contributed by atoms with E-state index in [1.807, 2.05) is 24.3 Å². The molecule has 0 radical (unpaired) electrons. The zero-order valence-electron chi connectivity index (χ0n) is 23.1. The predicted octanol–water partition coefficient (Wildman–Crippen LogP) is 7.21.